The highest BCUT2D eigenvalue weighted by Gasteiger charge is 2.20. The van der Waals surface area contributed by atoms with Crippen molar-refractivity contribution in [1.82, 2.24) is 4.90 Å². The molecule has 3 aromatic rings. The van der Waals surface area contributed by atoms with Gasteiger partial charge in [-0.25, -0.2) is 0 Å². The summed E-state index contributed by atoms with van der Waals surface area (Å²) in [6, 6.07) is 17.9. The number of hydrogen-bond acceptors (Lipinski definition) is 6. The third kappa shape index (κ3) is 4.31. The third-order valence-electron chi connectivity index (χ3n) is 5.97. The van der Waals surface area contributed by atoms with Gasteiger partial charge in [-0.05, 0) is 54.6 Å². The summed E-state index contributed by atoms with van der Waals surface area (Å²) in [5.74, 6) is 1.44. The quantitative estimate of drug-likeness (QED) is 0.618. The summed E-state index contributed by atoms with van der Waals surface area (Å²) in [5, 5.41) is 3.14. The molecular weight excluding hydrogens is 422 g/mol. The first kappa shape index (κ1) is 20.8. The van der Waals surface area contributed by atoms with Crippen molar-refractivity contribution < 1.29 is 14.3 Å². The molecular formula is C25H27N3O3S. The van der Waals surface area contributed by atoms with Crippen molar-refractivity contribution in [2.45, 2.75) is 6.92 Å². The largest absolute Gasteiger partial charge is 0.486 e. The van der Waals surface area contributed by atoms with Gasteiger partial charge in [0.25, 0.3) is 5.91 Å². The molecule has 0 atom stereocenters. The second-order valence-corrected chi connectivity index (χ2v) is 9.00. The first-order valence-corrected chi connectivity index (χ1v) is 11.9. The number of thiophene rings is 1. The summed E-state index contributed by atoms with van der Waals surface area (Å²) in [5.41, 5.74) is 2.96. The van der Waals surface area contributed by atoms with Gasteiger partial charge in [-0.2, -0.15) is 0 Å². The molecule has 6 nitrogen and oxygen atoms in total. The molecule has 1 N–H and O–H groups in total. The number of likely N-dealkylation sites (N-methyl/N-ethyl adjacent to an activating group) is 1. The van der Waals surface area contributed by atoms with E-state index in [9.17, 15) is 4.79 Å². The highest BCUT2D eigenvalue weighted by molar-refractivity contribution is 7.17. The van der Waals surface area contributed by atoms with Crippen LogP contribution in [0.15, 0.2) is 54.6 Å². The Morgan fingerprint density at radius 1 is 0.969 bits per heavy atom. The predicted octanol–water partition coefficient (Wildman–Crippen LogP) is 4.58. The van der Waals surface area contributed by atoms with Crippen LogP contribution in [0.2, 0.25) is 0 Å². The Balaban J connectivity index is 1.31. The highest BCUT2D eigenvalue weighted by atomic mass is 32.1. The van der Waals surface area contributed by atoms with E-state index in [-0.39, 0.29) is 5.91 Å². The number of benzene rings is 2. The van der Waals surface area contributed by atoms with Gasteiger partial charge in [0, 0.05) is 31.1 Å². The van der Waals surface area contributed by atoms with E-state index in [0.717, 1.165) is 66.0 Å². The minimum Gasteiger partial charge on any atom is -0.486 e. The first-order valence-electron chi connectivity index (χ1n) is 11.1. The molecule has 0 unspecified atom stereocenters. The zero-order valence-corrected chi connectivity index (χ0v) is 19.0. The summed E-state index contributed by atoms with van der Waals surface area (Å²) >= 11 is 1.48. The molecule has 5 rings (SSSR count). The monoisotopic (exact) mass is 449 g/mol. The number of ether oxygens (including phenoxy) is 2. The molecule has 32 heavy (non-hydrogen) atoms. The minimum absolute atomic E-state index is 0.0848. The highest BCUT2D eigenvalue weighted by Crippen LogP contribution is 2.37. The van der Waals surface area contributed by atoms with Crippen molar-refractivity contribution in [2.24, 2.45) is 0 Å². The molecule has 1 amide bonds. The average Bonchev–Trinajstić information content (AvgIpc) is 3.35. The van der Waals surface area contributed by atoms with Crippen molar-refractivity contribution >= 4 is 28.6 Å². The van der Waals surface area contributed by atoms with Crippen LogP contribution in [0.5, 0.6) is 11.5 Å². The summed E-state index contributed by atoms with van der Waals surface area (Å²) in [4.78, 5) is 19.6. The van der Waals surface area contributed by atoms with Gasteiger partial charge in [0.15, 0.2) is 11.5 Å². The second kappa shape index (κ2) is 9.22. The van der Waals surface area contributed by atoms with Crippen LogP contribution in [0.25, 0.3) is 10.4 Å². The minimum atomic E-state index is -0.0848. The third-order valence-corrected chi connectivity index (χ3v) is 7.10. The Morgan fingerprint density at radius 3 is 2.56 bits per heavy atom. The number of fused-ring (bicyclic) bond motifs is 1. The number of hydrogen-bond donors (Lipinski definition) is 1. The van der Waals surface area contributed by atoms with Crippen LogP contribution in [0.3, 0.4) is 0 Å². The lowest BCUT2D eigenvalue weighted by atomic mass is 10.1. The maximum absolute atomic E-state index is 13.1. The molecule has 3 heterocycles. The van der Waals surface area contributed by atoms with Crippen molar-refractivity contribution in [3.63, 3.8) is 0 Å². The summed E-state index contributed by atoms with van der Waals surface area (Å²) in [6.45, 7) is 8.43. The van der Waals surface area contributed by atoms with Crippen LogP contribution in [-0.2, 0) is 0 Å². The van der Waals surface area contributed by atoms with Gasteiger partial charge in [-0.3, -0.25) is 4.79 Å². The van der Waals surface area contributed by atoms with E-state index in [1.807, 2.05) is 48.5 Å². The number of nitrogens with one attached hydrogen (secondary N) is 1. The molecule has 166 valence electrons. The van der Waals surface area contributed by atoms with Gasteiger partial charge in [0.2, 0.25) is 0 Å². The number of anilines is 2. The molecule has 1 aromatic heterocycles. The Hall–Kier alpha value is -3.03. The zero-order chi connectivity index (χ0) is 21.9. The van der Waals surface area contributed by atoms with E-state index in [1.165, 1.54) is 11.3 Å². The molecule has 2 aromatic carbocycles. The van der Waals surface area contributed by atoms with Crippen molar-refractivity contribution in [2.75, 3.05) is 56.2 Å². The van der Waals surface area contributed by atoms with Crippen LogP contribution in [0.4, 0.5) is 11.4 Å². The normalized spacial score (nSPS) is 16.1. The smallest absolute Gasteiger partial charge is 0.265 e. The van der Waals surface area contributed by atoms with Crippen LogP contribution >= 0.6 is 11.3 Å². The fraction of sp³-hybridized carbons (Fsp3) is 0.320. The van der Waals surface area contributed by atoms with Gasteiger partial charge in [0.05, 0.1) is 16.3 Å². The van der Waals surface area contributed by atoms with Gasteiger partial charge >= 0.3 is 0 Å². The Labute approximate surface area is 192 Å². The van der Waals surface area contributed by atoms with Crippen LogP contribution in [-0.4, -0.2) is 56.7 Å². The lowest BCUT2D eigenvalue weighted by molar-refractivity contribution is 0.103. The summed E-state index contributed by atoms with van der Waals surface area (Å²) < 4.78 is 11.3. The molecule has 0 spiro atoms. The maximum atomic E-state index is 13.1. The lowest BCUT2D eigenvalue weighted by Gasteiger charge is -2.36. The topological polar surface area (TPSA) is 54.0 Å². The molecule has 2 aliphatic heterocycles. The van der Waals surface area contributed by atoms with E-state index in [0.29, 0.717) is 18.1 Å². The molecule has 1 saturated heterocycles. The lowest BCUT2D eigenvalue weighted by Crippen LogP contribution is -2.46. The number of carbonyl (C=O) groups is 1. The molecule has 2 aliphatic rings. The first-order chi connectivity index (χ1) is 15.7. The van der Waals surface area contributed by atoms with E-state index >= 15 is 0 Å². The molecule has 0 aliphatic carbocycles. The van der Waals surface area contributed by atoms with E-state index in [2.05, 4.69) is 28.1 Å². The van der Waals surface area contributed by atoms with Gasteiger partial charge in [-0.1, -0.05) is 19.1 Å². The number of nitrogens with zero attached hydrogens (tertiary/aromatic N) is 2. The molecule has 0 radical (unpaired) electrons. The van der Waals surface area contributed by atoms with E-state index < -0.39 is 0 Å². The molecule has 0 bridgehead atoms. The standard InChI is InChI=1S/C25H27N3O3S/c1-2-27-11-13-28(14-12-27)20-6-4-3-5-19(20)26-25(29)24-10-9-23(32-24)18-7-8-21-22(17-18)31-16-15-30-21/h3-10,17H,2,11-16H2,1H3,(H,26,29). The van der Waals surface area contributed by atoms with Crippen molar-refractivity contribution in [3.05, 3.63) is 59.5 Å². The number of para-hydroxylation sites is 2. The fourth-order valence-electron chi connectivity index (χ4n) is 4.16. The van der Waals surface area contributed by atoms with Gasteiger partial charge in [-0.15, -0.1) is 11.3 Å². The maximum Gasteiger partial charge on any atom is 0.265 e. The van der Waals surface area contributed by atoms with Crippen LogP contribution in [0.1, 0.15) is 16.6 Å². The number of rotatable bonds is 5. The second-order valence-electron chi connectivity index (χ2n) is 7.91. The molecule has 7 heteroatoms. The summed E-state index contributed by atoms with van der Waals surface area (Å²) in [6.07, 6.45) is 0. The molecule has 1 fully saturated rings. The van der Waals surface area contributed by atoms with Crippen molar-refractivity contribution in [1.29, 1.82) is 0 Å². The number of piperazine rings is 1. The zero-order valence-electron chi connectivity index (χ0n) is 18.2. The number of amides is 1. The predicted molar refractivity (Wildman–Crippen MR) is 129 cm³/mol. The Kier molecular flexibility index (Phi) is 6.01. The SMILES string of the molecule is CCN1CCN(c2ccccc2NC(=O)c2ccc(-c3ccc4c(c3)OCCO4)s2)CC1. The summed E-state index contributed by atoms with van der Waals surface area (Å²) in [7, 11) is 0. The van der Waals surface area contributed by atoms with E-state index in [1.54, 1.807) is 0 Å². The van der Waals surface area contributed by atoms with Crippen molar-refractivity contribution in [3.8, 4) is 21.9 Å². The average molecular weight is 450 g/mol. The number of carbonyl (C=O) groups excluding carboxylic acids is 1. The fourth-order valence-corrected chi connectivity index (χ4v) is 5.05. The van der Waals surface area contributed by atoms with Gasteiger partial charge < -0.3 is 24.6 Å². The Bertz CT molecular complexity index is 1110. The van der Waals surface area contributed by atoms with Crippen LogP contribution in [0, 0.1) is 0 Å². The Morgan fingerprint density at radius 2 is 1.75 bits per heavy atom. The van der Waals surface area contributed by atoms with Crippen LogP contribution < -0.4 is 19.7 Å². The van der Waals surface area contributed by atoms with Gasteiger partial charge in [0.1, 0.15) is 13.2 Å². The van der Waals surface area contributed by atoms with E-state index in [4.69, 9.17) is 9.47 Å². The molecule has 0 saturated carbocycles.